The average Bonchev–Trinajstić information content (AvgIpc) is 3.60. The second kappa shape index (κ2) is 19.5. The van der Waals surface area contributed by atoms with Crippen molar-refractivity contribution in [3.8, 4) is 0 Å². The molecule has 0 saturated heterocycles. The number of benzene rings is 5. The van der Waals surface area contributed by atoms with Crippen LogP contribution in [0, 0.1) is 13.8 Å². The smallest absolute Gasteiger partial charge is 0.421 e. The minimum atomic E-state index is -2.88. The Bertz CT molecular complexity index is 1530. The van der Waals surface area contributed by atoms with Crippen LogP contribution in [0.2, 0.25) is 39.3 Å². The van der Waals surface area contributed by atoms with Crippen molar-refractivity contribution in [2.24, 2.45) is 0 Å². The summed E-state index contributed by atoms with van der Waals surface area (Å²) in [7, 11) is -5.02. The summed E-state index contributed by atoms with van der Waals surface area (Å²) in [5, 5.41) is 6.27. The Kier molecular flexibility index (Phi) is 16.5. The first-order valence-electron chi connectivity index (χ1n) is 16.2. The van der Waals surface area contributed by atoms with Gasteiger partial charge in [-0.3, -0.25) is 0 Å². The van der Waals surface area contributed by atoms with E-state index < -0.39 is 24.5 Å². The van der Waals surface area contributed by atoms with Crippen LogP contribution in [-0.4, -0.2) is 29.3 Å². The molecule has 1 radical (unpaired) electrons. The van der Waals surface area contributed by atoms with E-state index >= 15 is 0 Å². The zero-order valence-electron chi connectivity index (χ0n) is 29.5. The molecule has 0 bridgehead atoms. The van der Waals surface area contributed by atoms with E-state index in [4.69, 9.17) is 0 Å². The SMILES string of the molecule is C[Si](C)(C)c1cc[c-]([Si](C)(C)C)c1.O[Si](c1ccccc1)(c1ccccc1)c1ccccc1.[CH2-]c1ccccc1.[CH2-]c1ccccc1.[Ti+3]. The molecule has 0 heterocycles. The molecule has 48 heavy (non-hydrogen) atoms. The molecule has 0 aliphatic carbocycles. The van der Waals surface area contributed by atoms with Crippen LogP contribution in [0.3, 0.4) is 0 Å². The molecule has 1 N–H and O–H groups in total. The maximum absolute atomic E-state index is 11.6. The van der Waals surface area contributed by atoms with Crippen LogP contribution in [0.4, 0.5) is 0 Å². The Hall–Kier alpha value is -3.49. The van der Waals surface area contributed by atoms with E-state index in [0.717, 1.165) is 26.7 Å². The zero-order chi connectivity index (χ0) is 34.3. The Morgan fingerprint density at radius 3 is 0.917 bits per heavy atom. The molecule has 0 aliphatic rings. The van der Waals surface area contributed by atoms with Crippen molar-refractivity contribution < 1.29 is 26.5 Å². The van der Waals surface area contributed by atoms with Gasteiger partial charge in [-0.25, -0.2) is 11.3 Å². The van der Waals surface area contributed by atoms with Crippen LogP contribution in [0.15, 0.2) is 170 Å². The standard InChI is InChI=1S/C18H16OSi.C11H21Si2.2C7H7.Ti/c19-20(16-10-4-1-5-11-16,17-12-6-2-7-13-17)18-14-8-3-9-15-18;1-12(2,3)10-7-8-11(9-10)13(4,5)6;2*1-7-5-3-2-4-6-7;/h1-15,19H;7-9H,1-6H3;2*2-6H,1H2;/q;3*-1;+3. The maximum Gasteiger partial charge on any atom is 3.00 e. The van der Waals surface area contributed by atoms with Gasteiger partial charge in [-0.1, -0.05) is 142 Å². The summed E-state index contributed by atoms with van der Waals surface area (Å²) < 4.78 is 0. The summed E-state index contributed by atoms with van der Waals surface area (Å²) in [6.45, 7) is 21.9. The topological polar surface area (TPSA) is 20.2 Å². The fraction of sp³-hybridized carbons (Fsp3) is 0.140. The summed E-state index contributed by atoms with van der Waals surface area (Å²) in [6, 6.07) is 56.9. The number of hydrogen-bond acceptors (Lipinski definition) is 1. The van der Waals surface area contributed by atoms with Crippen LogP contribution >= 0.6 is 0 Å². The van der Waals surface area contributed by atoms with Gasteiger partial charge in [-0.15, -0.1) is 24.3 Å². The molecule has 0 fully saturated rings. The largest absolute Gasteiger partial charge is 3.00 e. The first kappa shape index (κ1) is 40.7. The normalized spacial score (nSPS) is 10.8. The van der Waals surface area contributed by atoms with Gasteiger partial charge in [0.25, 0.3) is 8.32 Å². The van der Waals surface area contributed by atoms with Crippen molar-refractivity contribution in [2.45, 2.75) is 39.3 Å². The van der Waals surface area contributed by atoms with Gasteiger partial charge in [0.15, 0.2) is 0 Å². The van der Waals surface area contributed by atoms with Gasteiger partial charge in [0.05, 0.1) is 0 Å². The number of hydrogen-bond donors (Lipinski definition) is 1. The molecule has 6 aromatic rings. The van der Waals surface area contributed by atoms with Crippen LogP contribution in [-0.2, 0) is 21.7 Å². The Balaban J connectivity index is 0.000000245. The number of rotatable bonds is 5. The van der Waals surface area contributed by atoms with Crippen molar-refractivity contribution in [2.75, 3.05) is 0 Å². The van der Waals surface area contributed by atoms with Crippen LogP contribution in [0.5, 0.6) is 0 Å². The van der Waals surface area contributed by atoms with E-state index in [9.17, 15) is 4.80 Å². The van der Waals surface area contributed by atoms with Gasteiger partial charge < -0.3 is 4.80 Å². The Morgan fingerprint density at radius 2 is 0.729 bits per heavy atom. The predicted molar refractivity (Wildman–Crippen MR) is 216 cm³/mol. The molecular weight excluding hydrogens is 665 g/mol. The molecule has 5 heteroatoms. The Morgan fingerprint density at radius 1 is 0.438 bits per heavy atom. The molecule has 0 aliphatic heterocycles. The molecule has 0 amide bonds. The van der Waals surface area contributed by atoms with Crippen LogP contribution < -0.4 is 25.9 Å². The fourth-order valence-electron chi connectivity index (χ4n) is 4.87. The molecule has 0 unspecified atom stereocenters. The van der Waals surface area contributed by atoms with Crippen molar-refractivity contribution in [3.05, 3.63) is 195 Å². The van der Waals surface area contributed by atoms with E-state index in [1.54, 1.807) is 10.4 Å². The van der Waals surface area contributed by atoms with E-state index in [1.165, 1.54) is 0 Å². The van der Waals surface area contributed by atoms with E-state index in [1.807, 2.05) is 152 Å². The third-order valence-corrected chi connectivity index (χ3v) is 15.3. The quantitative estimate of drug-likeness (QED) is 0.110. The fourth-order valence-corrected chi connectivity index (χ4v) is 10.4. The summed E-state index contributed by atoms with van der Waals surface area (Å²) in [5.74, 6) is 0. The van der Waals surface area contributed by atoms with E-state index in [0.29, 0.717) is 0 Å². The second-order valence-corrected chi connectivity index (χ2v) is 27.0. The summed E-state index contributed by atoms with van der Waals surface area (Å²) in [5.41, 5.74) is 2.14. The molecule has 6 aromatic carbocycles. The Labute approximate surface area is 309 Å². The monoisotopic (exact) mass is 715 g/mol. The molecule has 245 valence electrons. The minimum Gasteiger partial charge on any atom is -0.421 e. The second-order valence-electron chi connectivity index (χ2n) is 13.7. The van der Waals surface area contributed by atoms with Gasteiger partial charge in [-0.2, -0.15) is 66.6 Å². The van der Waals surface area contributed by atoms with E-state index in [-0.39, 0.29) is 21.7 Å². The molecule has 0 atom stereocenters. The van der Waals surface area contributed by atoms with Gasteiger partial charge >= 0.3 is 21.7 Å². The summed E-state index contributed by atoms with van der Waals surface area (Å²) in [4.78, 5) is 11.6. The molecule has 0 aromatic heterocycles. The first-order valence-corrected chi connectivity index (χ1v) is 25.2. The van der Waals surface area contributed by atoms with Gasteiger partial charge in [0.1, 0.15) is 0 Å². The van der Waals surface area contributed by atoms with Gasteiger partial charge in [-0.05, 0) is 15.6 Å². The summed E-state index contributed by atoms with van der Waals surface area (Å²) >= 11 is 0. The van der Waals surface area contributed by atoms with Crippen LogP contribution in [0.25, 0.3) is 0 Å². The van der Waals surface area contributed by atoms with Crippen molar-refractivity contribution in [3.63, 3.8) is 0 Å². The van der Waals surface area contributed by atoms with Crippen molar-refractivity contribution in [1.29, 1.82) is 0 Å². The van der Waals surface area contributed by atoms with Crippen molar-refractivity contribution in [1.82, 2.24) is 0 Å². The zero-order valence-corrected chi connectivity index (χ0v) is 34.1. The summed E-state index contributed by atoms with van der Waals surface area (Å²) in [6.07, 6.45) is 0. The van der Waals surface area contributed by atoms with Crippen molar-refractivity contribution >= 4 is 50.4 Å². The molecule has 0 saturated carbocycles. The molecule has 0 spiro atoms. The first-order chi connectivity index (χ1) is 22.3. The van der Waals surface area contributed by atoms with Gasteiger partial charge in [0.2, 0.25) is 0 Å². The predicted octanol–water partition coefficient (Wildman–Crippen LogP) is 7.88. The maximum atomic E-state index is 11.6. The van der Waals surface area contributed by atoms with E-state index in [2.05, 4.69) is 71.3 Å². The third kappa shape index (κ3) is 12.8. The van der Waals surface area contributed by atoms with Crippen LogP contribution in [0.1, 0.15) is 11.1 Å². The molecular formula is C43H51OSi3Ti. The molecule has 1 nitrogen and oxygen atoms in total. The minimum absolute atomic E-state index is 0. The van der Waals surface area contributed by atoms with Gasteiger partial charge in [0, 0.05) is 16.1 Å². The molecule has 6 rings (SSSR count). The average molecular weight is 716 g/mol. The third-order valence-electron chi connectivity index (χ3n) is 7.75.